The predicted octanol–water partition coefficient (Wildman–Crippen LogP) is 6.30. The molecule has 0 fully saturated rings. The summed E-state index contributed by atoms with van der Waals surface area (Å²) in [5.74, 6) is 0.463. The second-order valence-electron chi connectivity index (χ2n) is 7.56. The van der Waals surface area contributed by atoms with Gasteiger partial charge in [-0.1, -0.05) is 52.5 Å². The second-order valence-corrected chi connectivity index (χ2v) is 7.56. The Kier molecular flexibility index (Phi) is 6.15. The molecule has 0 aromatic heterocycles. The number of hydrogen-bond acceptors (Lipinski definition) is 2. The third kappa shape index (κ3) is 4.53. The minimum absolute atomic E-state index is 0.0256. The van der Waals surface area contributed by atoms with Gasteiger partial charge in [-0.3, -0.25) is 0 Å². The smallest absolute Gasteiger partial charge is 0.127 e. The largest absolute Gasteiger partial charge is 0.507 e. The Labute approximate surface area is 141 Å². The van der Waals surface area contributed by atoms with E-state index < -0.39 is 0 Å². The summed E-state index contributed by atoms with van der Waals surface area (Å²) in [5, 5.41) is 21.0. The van der Waals surface area contributed by atoms with E-state index >= 15 is 0 Å². The first-order chi connectivity index (χ1) is 11.0. The lowest BCUT2D eigenvalue weighted by molar-refractivity contribution is 0.421. The fourth-order valence-corrected chi connectivity index (χ4v) is 3.53. The molecule has 0 radical (unpaired) electrons. The summed E-state index contributed by atoms with van der Waals surface area (Å²) < 4.78 is 0. The summed E-state index contributed by atoms with van der Waals surface area (Å²) in [4.78, 5) is 0. The van der Waals surface area contributed by atoms with Crippen molar-refractivity contribution in [1.82, 2.24) is 0 Å². The van der Waals surface area contributed by atoms with Crippen molar-refractivity contribution < 1.29 is 10.2 Å². The Bertz CT molecular complexity index is 532. The van der Waals surface area contributed by atoms with Crippen molar-refractivity contribution in [3.05, 3.63) is 29.3 Å². The fraction of sp³-hybridized carbons (Fsp3) is 0.619. The van der Waals surface area contributed by atoms with Crippen molar-refractivity contribution in [3.63, 3.8) is 0 Å². The molecule has 0 bridgehead atoms. The molecule has 2 heteroatoms. The molecular formula is C21H32O2. The highest BCUT2D eigenvalue weighted by molar-refractivity contribution is 5.76. The molecule has 0 amide bonds. The van der Waals surface area contributed by atoms with Crippen molar-refractivity contribution in [3.8, 4) is 11.5 Å². The summed E-state index contributed by atoms with van der Waals surface area (Å²) in [7, 11) is 0. The Morgan fingerprint density at radius 3 is 2.26 bits per heavy atom. The SMILES string of the molecule is CCCCCCC(C)(C)c1cc(O)c(C2=CCCCC2)c(O)c1. The van der Waals surface area contributed by atoms with Crippen molar-refractivity contribution >= 4 is 5.57 Å². The minimum atomic E-state index is -0.0256. The van der Waals surface area contributed by atoms with E-state index in [2.05, 4.69) is 26.8 Å². The maximum atomic E-state index is 10.5. The quantitative estimate of drug-likeness (QED) is 0.579. The van der Waals surface area contributed by atoms with Crippen LogP contribution in [0.4, 0.5) is 0 Å². The summed E-state index contributed by atoms with van der Waals surface area (Å²) in [6.07, 6.45) is 12.5. The van der Waals surface area contributed by atoms with Gasteiger partial charge in [-0.05, 0) is 60.8 Å². The van der Waals surface area contributed by atoms with Crippen molar-refractivity contribution in [2.45, 2.75) is 84.0 Å². The molecule has 0 heterocycles. The molecule has 23 heavy (non-hydrogen) atoms. The van der Waals surface area contributed by atoms with Gasteiger partial charge < -0.3 is 10.2 Å². The number of unbranched alkanes of at least 4 members (excludes halogenated alkanes) is 3. The van der Waals surface area contributed by atoms with Crippen LogP contribution in [0.1, 0.15) is 89.7 Å². The van der Waals surface area contributed by atoms with E-state index in [1.807, 2.05) is 12.1 Å². The summed E-state index contributed by atoms with van der Waals surface area (Å²) in [6, 6.07) is 3.73. The lowest BCUT2D eigenvalue weighted by Gasteiger charge is -2.27. The zero-order valence-electron chi connectivity index (χ0n) is 15.0. The molecule has 0 spiro atoms. The summed E-state index contributed by atoms with van der Waals surface area (Å²) in [6.45, 7) is 6.62. The number of allylic oxidation sites excluding steroid dienone is 2. The second kappa shape index (κ2) is 7.90. The van der Waals surface area contributed by atoms with E-state index in [4.69, 9.17) is 0 Å². The molecule has 0 unspecified atom stereocenters. The molecular weight excluding hydrogens is 284 g/mol. The van der Waals surface area contributed by atoms with Crippen LogP contribution in [0.2, 0.25) is 0 Å². The van der Waals surface area contributed by atoms with E-state index in [1.54, 1.807) is 0 Å². The first-order valence-electron chi connectivity index (χ1n) is 9.21. The highest BCUT2D eigenvalue weighted by Crippen LogP contribution is 2.42. The van der Waals surface area contributed by atoms with Crippen molar-refractivity contribution in [2.24, 2.45) is 0 Å². The van der Waals surface area contributed by atoms with E-state index in [1.165, 1.54) is 32.1 Å². The highest BCUT2D eigenvalue weighted by atomic mass is 16.3. The van der Waals surface area contributed by atoms with Gasteiger partial charge in [-0.25, -0.2) is 0 Å². The average molecular weight is 316 g/mol. The maximum absolute atomic E-state index is 10.5. The number of aromatic hydroxyl groups is 2. The van der Waals surface area contributed by atoms with Crippen LogP contribution in [0.15, 0.2) is 18.2 Å². The van der Waals surface area contributed by atoms with Gasteiger partial charge in [-0.15, -0.1) is 0 Å². The normalized spacial score (nSPS) is 15.5. The number of hydrogen-bond donors (Lipinski definition) is 2. The number of phenols is 2. The molecule has 1 aromatic carbocycles. The van der Waals surface area contributed by atoms with Crippen LogP contribution in [-0.4, -0.2) is 10.2 Å². The van der Waals surface area contributed by atoms with Crippen LogP contribution in [0, 0.1) is 0 Å². The zero-order valence-corrected chi connectivity index (χ0v) is 15.0. The zero-order chi connectivity index (χ0) is 16.9. The van der Waals surface area contributed by atoms with Crippen LogP contribution < -0.4 is 0 Å². The topological polar surface area (TPSA) is 40.5 Å². The molecule has 0 aliphatic heterocycles. The van der Waals surface area contributed by atoms with Gasteiger partial charge in [0.1, 0.15) is 11.5 Å². The average Bonchev–Trinajstić information content (AvgIpc) is 2.52. The van der Waals surface area contributed by atoms with Gasteiger partial charge in [0.05, 0.1) is 5.56 Å². The fourth-order valence-electron chi connectivity index (χ4n) is 3.53. The summed E-state index contributed by atoms with van der Waals surface area (Å²) >= 11 is 0. The van der Waals surface area contributed by atoms with Gasteiger partial charge in [0.25, 0.3) is 0 Å². The van der Waals surface area contributed by atoms with Crippen molar-refractivity contribution in [1.29, 1.82) is 0 Å². The number of benzene rings is 1. The van der Waals surface area contributed by atoms with Gasteiger partial charge in [0, 0.05) is 0 Å². The first kappa shape index (κ1) is 17.9. The van der Waals surface area contributed by atoms with Gasteiger partial charge in [-0.2, -0.15) is 0 Å². The summed E-state index contributed by atoms with van der Waals surface area (Å²) in [5.41, 5.74) is 2.75. The van der Waals surface area contributed by atoms with Crippen LogP contribution >= 0.6 is 0 Å². The third-order valence-corrected chi connectivity index (χ3v) is 5.15. The maximum Gasteiger partial charge on any atom is 0.127 e. The minimum Gasteiger partial charge on any atom is -0.507 e. The monoisotopic (exact) mass is 316 g/mol. The Morgan fingerprint density at radius 1 is 1.00 bits per heavy atom. The molecule has 2 N–H and O–H groups in total. The van der Waals surface area contributed by atoms with E-state index in [9.17, 15) is 10.2 Å². The third-order valence-electron chi connectivity index (χ3n) is 5.15. The highest BCUT2D eigenvalue weighted by Gasteiger charge is 2.24. The molecule has 0 saturated heterocycles. The van der Waals surface area contributed by atoms with E-state index in [0.29, 0.717) is 5.56 Å². The lowest BCUT2D eigenvalue weighted by atomic mass is 9.78. The standard InChI is InChI=1S/C21H32O2/c1-4-5-6-10-13-21(2,3)17-14-18(22)20(19(23)15-17)16-11-8-7-9-12-16/h11,14-15,22-23H,4-10,12-13H2,1-3H3. The molecule has 0 atom stereocenters. The first-order valence-corrected chi connectivity index (χ1v) is 9.21. The van der Waals surface area contributed by atoms with Gasteiger partial charge >= 0.3 is 0 Å². The predicted molar refractivity (Wildman–Crippen MR) is 98.0 cm³/mol. The van der Waals surface area contributed by atoms with Crippen LogP contribution in [0.3, 0.4) is 0 Å². The molecule has 1 aliphatic rings. The number of rotatable bonds is 7. The molecule has 0 saturated carbocycles. The molecule has 1 aliphatic carbocycles. The Hall–Kier alpha value is -1.44. The molecule has 128 valence electrons. The van der Waals surface area contributed by atoms with Crippen LogP contribution in [-0.2, 0) is 5.41 Å². The Balaban J connectivity index is 2.19. The number of phenolic OH excluding ortho intramolecular Hbond substituents is 2. The van der Waals surface area contributed by atoms with E-state index in [0.717, 1.165) is 36.8 Å². The molecule has 1 aromatic rings. The lowest BCUT2D eigenvalue weighted by Crippen LogP contribution is -2.17. The van der Waals surface area contributed by atoms with Gasteiger partial charge in [0.15, 0.2) is 0 Å². The van der Waals surface area contributed by atoms with Crippen LogP contribution in [0.25, 0.3) is 5.57 Å². The Morgan fingerprint density at radius 2 is 1.70 bits per heavy atom. The van der Waals surface area contributed by atoms with Crippen LogP contribution in [0.5, 0.6) is 11.5 Å². The molecule has 2 nitrogen and oxygen atoms in total. The van der Waals surface area contributed by atoms with E-state index in [-0.39, 0.29) is 16.9 Å². The van der Waals surface area contributed by atoms with Crippen molar-refractivity contribution in [2.75, 3.05) is 0 Å². The van der Waals surface area contributed by atoms with Gasteiger partial charge in [0.2, 0.25) is 0 Å². The molecule has 2 rings (SSSR count).